The van der Waals surface area contributed by atoms with Crippen LogP contribution in [0.25, 0.3) is 0 Å². The summed E-state index contributed by atoms with van der Waals surface area (Å²) in [4.78, 5) is 34.0. The Labute approximate surface area is 356 Å². The number of hydrogen-bond acceptors (Lipinski definition) is 7. The van der Waals surface area contributed by atoms with E-state index in [1.54, 1.807) is 0 Å². The monoisotopic (exact) mass is 840 g/mol. The van der Waals surface area contributed by atoms with E-state index in [0.29, 0.717) is 6.42 Å². The molecular weight excluding hydrogens is 750 g/mol. The lowest BCUT2D eigenvalue weighted by molar-refractivity contribution is -0.147. The lowest BCUT2D eigenvalue weighted by atomic mass is 10.0. The summed E-state index contributed by atoms with van der Waals surface area (Å²) in [6, 6.07) is 0. The molecule has 0 fully saturated rings. The first kappa shape index (κ1) is 56.2. The first-order valence-electron chi connectivity index (χ1n) is 24.0. The quantitative estimate of drug-likeness (QED) is 0.0239. The highest BCUT2D eigenvalue weighted by molar-refractivity contribution is 7.47. The number of unbranched alkanes of at least 4 members (excludes halogenated alkanes) is 26. The predicted octanol–water partition coefficient (Wildman–Crippen LogP) is 13.7. The molecule has 0 aromatic rings. The molecular formula is C48H90NO8P. The molecule has 9 nitrogen and oxygen atoms in total. The molecule has 0 aliphatic carbocycles. The van der Waals surface area contributed by atoms with Gasteiger partial charge in [-0.1, -0.05) is 198 Å². The zero-order valence-electron chi connectivity index (χ0n) is 37.5. The van der Waals surface area contributed by atoms with E-state index in [1.165, 1.54) is 141 Å². The van der Waals surface area contributed by atoms with Crippen molar-refractivity contribution in [3.8, 4) is 0 Å². The summed E-state index contributed by atoms with van der Waals surface area (Å²) in [5, 5.41) is 12.7. The van der Waals surface area contributed by atoms with Crippen LogP contribution in [0.4, 0.5) is 0 Å². The third-order valence-corrected chi connectivity index (χ3v) is 11.3. The average Bonchev–Trinajstić information content (AvgIpc) is 3.21. The van der Waals surface area contributed by atoms with Crippen LogP contribution in [-0.2, 0) is 27.9 Å². The molecule has 0 saturated carbocycles. The molecule has 58 heavy (non-hydrogen) atoms. The van der Waals surface area contributed by atoms with Crippen molar-refractivity contribution in [1.29, 1.82) is 0 Å². The van der Waals surface area contributed by atoms with E-state index in [9.17, 15) is 24.2 Å². The number of phosphoric acid groups is 1. The highest BCUT2D eigenvalue weighted by Crippen LogP contribution is 2.42. The van der Waals surface area contributed by atoms with Gasteiger partial charge in [-0.3, -0.25) is 18.6 Å². The number of nitrogens with one attached hydrogen (secondary N) is 1. The number of allylic oxidation sites excluding steroid dienone is 6. The number of esters is 1. The largest absolute Gasteiger partial charge is 0.472 e. The van der Waals surface area contributed by atoms with Crippen molar-refractivity contribution in [2.45, 2.75) is 232 Å². The normalized spacial score (nSPS) is 13.5. The van der Waals surface area contributed by atoms with E-state index in [4.69, 9.17) is 13.8 Å². The van der Waals surface area contributed by atoms with Crippen molar-refractivity contribution in [3.63, 3.8) is 0 Å². The van der Waals surface area contributed by atoms with Crippen molar-refractivity contribution < 1.29 is 37.9 Å². The molecule has 0 rings (SSSR count). The summed E-state index contributed by atoms with van der Waals surface area (Å²) in [5.41, 5.74) is 0. The molecule has 0 aliphatic rings. The van der Waals surface area contributed by atoms with Gasteiger partial charge in [0.1, 0.15) is 12.7 Å². The van der Waals surface area contributed by atoms with E-state index in [0.717, 1.165) is 57.8 Å². The number of carbonyl (C=O) groups is 2. The molecule has 10 heteroatoms. The second-order valence-electron chi connectivity index (χ2n) is 16.1. The van der Waals surface area contributed by atoms with Crippen LogP contribution in [0.15, 0.2) is 36.5 Å². The van der Waals surface area contributed by atoms with Gasteiger partial charge in [-0.15, -0.1) is 0 Å². The molecule has 2 atom stereocenters. The Balaban J connectivity index is 3.57. The second kappa shape index (κ2) is 44.8. The van der Waals surface area contributed by atoms with Gasteiger partial charge in [0, 0.05) is 19.4 Å². The standard InChI is InChI=1S/C48H90NO8P/c1-3-5-7-9-11-13-15-17-19-21-22-23-24-25-26-28-30-32-34-36-38-40-47(51)49-42-43-56-58(53,54)57-45-46(50)44-55-48(52)41-39-37-35-33-31-29-27-20-18-16-14-12-10-8-6-4-2/h11,13,17,19,22-23,46,50H,3-10,12,14-16,18,20-21,24-45H2,1-2H3,(H,49,51)(H,53,54)/b13-11-,19-17-,23-22-. The van der Waals surface area contributed by atoms with Crippen molar-refractivity contribution in [3.05, 3.63) is 36.5 Å². The van der Waals surface area contributed by atoms with Crippen molar-refractivity contribution in [2.24, 2.45) is 0 Å². The zero-order chi connectivity index (χ0) is 42.5. The van der Waals surface area contributed by atoms with Crippen molar-refractivity contribution >= 4 is 19.7 Å². The van der Waals surface area contributed by atoms with Crippen LogP contribution in [0, 0.1) is 0 Å². The van der Waals surface area contributed by atoms with Gasteiger partial charge < -0.3 is 20.1 Å². The number of rotatable bonds is 45. The number of carbonyl (C=O) groups excluding carboxylic acids is 2. The smallest absolute Gasteiger partial charge is 0.463 e. The van der Waals surface area contributed by atoms with E-state index in [1.807, 2.05) is 0 Å². The van der Waals surface area contributed by atoms with Crippen LogP contribution in [0.5, 0.6) is 0 Å². The fraction of sp³-hybridized carbons (Fsp3) is 0.833. The zero-order valence-corrected chi connectivity index (χ0v) is 38.4. The fourth-order valence-corrected chi connectivity index (χ4v) is 7.44. The maximum Gasteiger partial charge on any atom is 0.472 e. The first-order chi connectivity index (χ1) is 28.3. The van der Waals surface area contributed by atoms with E-state index in [2.05, 4.69) is 55.6 Å². The van der Waals surface area contributed by atoms with Crippen molar-refractivity contribution in [2.75, 3.05) is 26.4 Å². The molecule has 0 aromatic heterocycles. The first-order valence-corrected chi connectivity index (χ1v) is 25.5. The molecule has 340 valence electrons. The van der Waals surface area contributed by atoms with Gasteiger partial charge in [-0.25, -0.2) is 4.57 Å². The molecule has 0 spiro atoms. The Morgan fingerprint density at radius 3 is 1.43 bits per heavy atom. The lowest BCUT2D eigenvalue weighted by Gasteiger charge is -2.15. The molecule has 1 amide bonds. The summed E-state index contributed by atoms with van der Waals surface area (Å²) >= 11 is 0. The minimum Gasteiger partial charge on any atom is -0.463 e. The van der Waals surface area contributed by atoms with Crippen LogP contribution < -0.4 is 5.32 Å². The van der Waals surface area contributed by atoms with Crippen LogP contribution in [-0.4, -0.2) is 54.3 Å². The Bertz CT molecular complexity index is 1050. The Morgan fingerprint density at radius 2 is 0.931 bits per heavy atom. The van der Waals surface area contributed by atoms with Gasteiger partial charge in [-0.05, 0) is 51.4 Å². The minimum absolute atomic E-state index is 0.0784. The molecule has 0 heterocycles. The van der Waals surface area contributed by atoms with E-state index < -0.39 is 26.5 Å². The number of ether oxygens (including phenoxy) is 1. The average molecular weight is 840 g/mol. The maximum absolute atomic E-state index is 12.1. The lowest BCUT2D eigenvalue weighted by Crippen LogP contribution is -2.27. The van der Waals surface area contributed by atoms with Crippen LogP contribution in [0.3, 0.4) is 0 Å². The van der Waals surface area contributed by atoms with Crippen LogP contribution in [0.1, 0.15) is 226 Å². The molecule has 0 aliphatic heterocycles. The second-order valence-corrected chi connectivity index (χ2v) is 17.5. The summed E-state index contributed by atoms with van der Waals surface area (Å²) in [7, 11) is -4.42. The van der Waals surface area contributed by atoms with Gasteiger partial charge in [0.15, 0.2) is 0 Å². The number of aliphatic hydroxyl groups excluding tert-OH is 1. The van der Waals surface area contributed by atoms with E-state index >= 15 is 0 Å². The molecule has 0 saturated heterocycles. The predicted molar refractivity (Wildman–Crippen MR) is 243 cm³/mol. The number of hydrogen-bond donors (Lipinski definition) is 3. The van der Waals surface area contributed by atoms with E-state index in [-0.39, 0.29) is 32.1 Å². The molecule has 0 aromatic carbocycles. The Kier molecular flexibility index (Phi) is 43.4. The molecule has 0 bridgehead atoms. The van der Waals surface area contributed by atoms with Gasteiger partial charge in [0.05, 0.1) is 13.2 Å². The third kappa shape index (κ3) is 45.3. The SMILES string of the molecule is CCCCC/C=C\C/C=C\C/C=C\CCCCCCCCCCC(=O)NCCOP(=O)(O)OCC(O)COC(=O)CCCCCCCCCCCCCCCCCC. The molecule has 0 radical (unpaired) electrons. The number of aliphatic hydroxyl groups is 1. The molecule has 3 N–H and O–H groups in total. The van der Waals surface area contributed by atoms with Gasteiger partial charge in [0.25, 0.3) is 0 Å². The third-order valence-electron chi connectivity index (χ3n) is 10.3. The van der Waals surface area contributed by atoms with Crippen LogP contribution >= 0.6 is 7.82 Å². The van der Waals surface area contributed by atoms with Gasteiger partial charge >= 0.3 is 13.8 Å². The summed E-state index contributed by atoms with van der Waals surface area (Å²) in [6.45, 7) is 3.55. The fourth-order valence-electron chi connectivity index (χ4n) is 6.68. The summed E-state index contributed by atoms with van der Waals surface area (Å²) in [5.74, 6) is -0.517. The van der Waals surface area contributed by atoms with Gasteiger partial charge in [-0.2, -0.15) is 0 Å². The number of phosphoric ester groups is 1. The maximum atomic E-state index is 12.1. The topological polar surface area (TPSA) is 131 Å². The van der Waals surface area contributed by atoms with Gasteiger partial charge in [0.2, 0.25) is 5.91 Å². The number of amides is 1. The van der Waals surface area contributed by atoms with Crippen molar-refractivity contribution in [1.82, 2.24) is 5.32 Å². The Morgan fingerprint density at radius 1 is 0.534 bits per heavy atom. The highest BCUT2D eigenvalue weighted by Gasteiger charge is 2.23. The molecule has 2 unspecified atom stereocenters. The highest BCUT2D eigenvalue weighted by atomic mass is 31.2. The van der Waals surface area contributed by atoms with Crippen LogP contribution in [0.2, 0.25) is 0 Å². The minimum atomic E-state index is -4.42. The summed E-state index contributed by atoms with van der Waals surface area (Å²) < 4.78 is 26.9. The Hall–Kier alpha value is -1.77. The summed E-state index contributed by atoms with van der Waals surface area (Å²) in [6.07, 6.45) is 50.7.